The van der Waals surface area contributed by atoms with Crippen LogP contribution in [0.3, 0.4) is 0 Å². The lowest BCUT2D eigenvalue weighted by Crippen LogP contribution is -2.63. The van der Waals surface area contributed by atoms with Crippen LogP contribution in [0, 0.1) is 0 Å². The molecule has 0 radical (unpaired) electrons. The molecule has 0 saturated carbocycles. The van der Waals surface area contributed by atoms with Crippen molar-refractivity contribution in [3.8, 4) is 0 Å². The van der Waals surface area contributed by atoms with Gasteiger partial charge in [-0.05, 0) is 6.92 Å². The van der Waals surface area contributed by atoms with Crippen molar-refractivity contribution in [2.24, 2.45) is 0 Å². The Morgan fingerprint density at radius 3 is 2.05 bits per heavy atom. The van der Waals surface area contributed by atoms with E-state index < -0.39 is 68.0 Å². The third-order valence-electron chi connectivity index (χ3n) is 3.94. The molecule has 2 aliphatic rings. The first-order chi connectivity index (χ1) is 10.3. The Balaban J connectivity index is 2.06. The van der Waals surface area contributed by atoms with Gasteiger partial charge >= 0.3 is 0 Å². The molecule has 0 aliphatic carbocycles. The van der Waals surface area contributed by atoms with Gasteiger partial charge in [0.05, 0.1) is 12.7 Å². The van der Waals surface area contributed by atoms with Crippen molar-refractivity contribution < 1.29 is 50.0 Å². The second kappa shape index (κ2) is 7.01. The highest BCUT2D eigenvalue weighted by atomic mass is 16.7. The number of hydrogen-bond acceptors (Lipinski definition) is 10. The molecule has 0 unspecified atom stereocenters. The topological polar surface area (TPSA) is 169 Å². The molecule has 0 spiro atoms. The Hall–Kier alpha value is -0.400. The summed E-state index contributed by atoms with van der Waals surface area (Å²) in [4.78, 5) is 0. The van der Waals surface area contributed by atoms with Crippen molar-refractivity contribution in [2.75, 3.05) is 6.61 Å². The molecule has 0 amide bonds. The number of aliphatic hydroxyl groups is 7. The molecular formula is C12H22O10. The van der Waals surface area contributed by atoms with Crippen molar-refractivity contribution in [1.82, 2.24) is 0 Å². The lowest BCUT2D eigenvalue weighted by atomic mass is 9.97. The minimum atomic E-state index is -1.69. The van der Waals surface area contributed by atoms with Crippen LogP contribution in [-0.4, -0.2) is 104 Å². The molecule has 0 aromatic rings. The van der Waals surface area contributed by atoms with Gasteiger partial charge < -0.3 is 50.0 Å². The molecule has 2 fully saturated rings. The molecule has 10 atom stereocenters. The molecule has 2 rings (SSSR count). The van der Waals surface area contributed by atoms with Crippen LogP contribution in [0.25, 0.3) is 0 Å². The minimum absolute atomic E-state index is 0.619. The van der Waals surface area contributed by atoms with Gasteiger partial charge in [0, 0.05) is 0 Å². The zero-order chi connectivity index (χ0) is 16.6. The molecule has 2 saturated heterocycles. The van der Waals surface area contributed by atoms with Crippen LogP contribution < -0.4 is 0 Å². The molecular weight excluding hydrogens is 304 g/mol. The van der Waals surface area contributed by atoms with Crippen molar-refractivity contribution in [1.29, 1.82) is 0 Å². The van der Waals surface area contributed by atoms with Gasteiger partial charge in [-0.1, -0.05) is 0 Å². The lowest BCUT2D eigenvalue weighted by Gasteiger charge is -2.44. The summed E-state index contributed by atoms with van der Waals surface area (Å²) in [6.45, 7) is 0.823. The van der Waals surface area contributed by atoms with Crippen molar-refractivity contribution in [2.45, 2.75) is 68.3 Å². The molecule has 7 N–H and O–H groups in total. The third-order valence-corrected chi connectivity index (χ3v) is 3.94. The molecule has 0 aromatic carbocycles. The average molecular weight is 326 g/mol. The second-order valence-corrected chi connectivity index (χ2v) is 5.51. The first-order valence-corrected chi connectivity index (χ1v) is 6.93. The van der Waals surface area contributed by atoms with E-state index in [-0.39, 0.29) is 0 Å². The van der Waals surface area contributed by atoms with Gasteiger partial charge in [0.15, 0.2) is 12.6 Å². The van der Waals surface area contributed by atoms with Gasteiger partial charge in [0.2, 0.25) is 0 Å². The highest BCUT2D eigenvalue weighted by molar-refractivity contribution is 4.92. The highest BCUT2D eigenvalue weighted by Gasteiger charge is 2.49. The number of rotatable bonds is 3. The summed E-state index contributed by atoms with van der Waals surface area (Å²) < 4.78 is 15.3. The molecule has 22 heavy (non-hydrogen) atoms. The Kier molecular flexibility index (Phi) is 5.72. The fourth-order valence-corrected chi connectivity index (χ4v) is 2.50. The average Bonchev–Trinajstić information content (AvgIpc) is 2.49. The summed E-state index contributed by atoms with van der Waals surface area (Å²) in [5.74, 6) is 0. The van der Waals surface area contributed by atoms with Crippen molar-refractivity contribution in [3.63, 3.8) is 0 Å². The fourth-order valence-electron chi connectivity index (χ4n) is 2.50. The van der Waals surface area contributed by atoms with E-state index in [9.17, 15) is 30.6 Å². The van der Waals surface area contributed by atoms with E-state index in [2.05, 4.69) is 0 Å². The first-order valence-electron chi connectivity index (χ1n) is 6.93. The Labute approximate surface area is 126 Å². The van der Waals surface area contributed by atoms with Gasteiger partial charge in [0.1, 0.15) is 42.7 Å². The summed E-state index contributed by atoms with van der Waals surface area (Å²) in [7, 11) is 0. The van der Waals surface area contributed by atoms with E-state index in [0.29, 0.717) is 0 Å². The number of aliphatic hydroxyl groups excluding tert-OH is 7. The largest absolute Gasteiger partial charge is 0.394 e. The van der Waals surface area contributed by atoms with Gasteiger partial charge in [-0.3, -0.25) is 0 Å². The maximum atomic E-state index is 9.93. The van der Waals surface area contributed by atoms with E-state index in [4.69, 9.17) is 19.3 Å². The van der Waals surface area contributed by atoms with Crippen LogP contribution in [0.5, 0.6) is 0 Å². The van der Waals surface area contributed by atoms with E-state index >= 15 is 0 Å². The zero-order valence-corrected chi connectivity index (χ0v) is 11.8. The quantitative estimate of drug-likeness (QED) is 0.269. The van der Waals surface area contributed by atoms with Gasteiger partial charge in [-0.15, -0.1) is 0 Å². The third kappa shape index (κ3) is 3.26. The highest BCUT2D eigenvalue weighted by Crippen LogP contribution is 2.28. The van der Waals surface area contributed by atoms with E-state index in [1.807, 2.05) is 0 Å². The normalized spacial score (nSPS) is 53.5. The molecule has 10 nitrogen and oxygen atoms in total. The van der Waals surface area contributed by atoms with Crippen molar-refractivity contribution in [3.05, 3.63) is 0 Å². The fraction of sp³-hybridized carbons (Fsp3) is 1.00. The van der Waals surface area contributed by atoms with Crippen LogP contribution in [-0.2, 0) is 14.2 Å². The summed E-state index contributed by atoms with van der Waals surface area (Å²) in [5, 5.41) is 67.5. The molecule has 10 heteroatoms. The van der Waals surface area contributed by atoms with Crippen molar-refractivity contribution >= 4 is 0 Å². The SMILES string of the molecule is C[C@H]1O[C@@H](O[C@@H]2[C@H](O)[C@H](O)[C@H](CO)O[C@@H]2O)[C@@H](O)[C@@H](O)[C@@H]1O. The Morgan fingerprint density at radius 1 is 0.818 bits per heavy atom. The summed E-state index contributed by atoms with van der Waals surface area (Å²) >= 11 is 0. The second-order valence-electron chi connectivity index (χ2n) is 5.51. The monoisotopic (exact) mass is 326 g/mol. The van der Waals surface area contributed by atoms with Gasteiger partial charge in [-0.25, -0.2) is 0 Å². The van der Waals surface area contributed by atoms with E-state index in [1.54, 1.807) is 0 Å². The Morgan fingerprint density at radius 2 is 1.45 bits per heavy atom. The predicted octanol–water partition coefficient (Wildman–Crippen LogP) is -4.37. The van der Waals surface area contributed by atoms with E-state index in [1.165, 1.54) is 6.92 Å². The molecule has 0 aromatic heterocycles. The summed E-state index contributed by atoms with van der Waals surface area (Å²) in [5.41, 5.74) is 0. The zero-order valence-electron chi connectivity index (χ0n) is 11.8. The molecule has 0 bridgehead atoms. The van der Waals surface area contributed by atoms with Crippen LogP contribution in [0.4, 0.5) is 0 Å². The van der Waals surface area contributed by atoms with Gasteiger partial charge in [-0.2, -0.15) is 0 Å². The number of ether oxygens (including phenoxy) is 3. The predicted molar refractivity (Wildman–Crippen MR) is 67.2 cm³/mol. The molecule has 2 aliphatic heterocycles. The van der Waals surface area contributed by atoms with Crippen LogP contribution in [0.15, 0.2) is 0 Å². The first kappa shape index (κ1) is 17.9. The van der Waals surface area contributed by atoms with Crippen LogP contribution >= 0.6 is 0 Å². The van der Waals surface area contributed by atoms with E-state index in [0.717, 1.165) is 0 Å². The summed E-state index contributed by atoms with van der Waals surface area (Å²) in [6.07, 6.45) is -14.3. The molecule has 2 heterocycles. The summed E-state index contributed by atoms with van der Waals surface area (Å²) in [6, 6.07) is 0. The van der Waals surface area contributed by atoms with Gasteiger partial charge in [0.25, 0.3) is 0 Å². The molecule has 130 valence electrons. The number of hydrogen-bond donors (Lipinski definition) is 7. The van der Waals surface area contributed by atoms with Crippen LogP contribution in [0.1, 0.15) is 6.92 Å². The maximum Gasteiger partial charge on any atom is 0.187 e. The smallest absolute Gasteiger partial charge is 0.187 e. The lowest BCUT2D eigenvalue weighted by molar-refractivity contribution is -0.358. The van der Waals surface area contributed by atoms with Crippen LogP contribution in [0.2, 0.25) is 0 Å². The Bertz CT molecular complexity index is 368. The minimum Gasteiger partial charge on any atom is -0.394 e. The standard InChI is InChI=1S/C12H22O10/c1-3-5(14)7(16)9(18)12(20-3)22-10-8(17)6(15)4(2-13)21-11(10)19/h3-19H,2H2,1H3/t3-,4+,5-,6-,7+,8-,9+,10-,11+,12+/m1/s1. The maximum absolute atomic E-state index is 9.93.